The first-order valence-corrected chi connectivity index (χ1v) is 5.39. The van der Waals surface area contributed by atoms with E-state index in [-0.39, 0.29) is 15.6 Å². The maximum atomic E-state index is 13.4. The van der Waals surface area contributed by atoms with Gasteiger partial charge in [-0.3, -0.25) is 10.1 Å². The summed E-state index contributed by atoms with van der Waals surface area (Å²) in [6.45, 7) is 1.43. The zero-order valence-corrected chi connectivity index (χ0v) is 10.1. The van der Waals surface area contributed by atoms with E-state index in [1.165, 1.54) is 13.0 Å². The monoisotopic (exact) mass is 276 g/mol. The van der Waals surface area contributed by atoms with E-state index in [9.17, 15) is 14.0 Å². The molecule has 1 atom stereocenters. The van der Waals surface area contributed by atoms with Crippen LogP contribution in [-0.2, 0) is 10.3 Å². The first kappa shape index (κ1) is 12.1. The molecule has 0 radical (unpaired) electrons. The molecule has 1 heterocycles. The number of hydrogen-bond acceptors (Lipinski definition) is 2. The van der Waals surface area contributed by atoms with Crippen molar-refractivity contribution < 1.29 is 14.0 Å². The lowest BCUT2D eigenvalue weighted by atomic mass is 9.92. The van der Waals surface area contributed by atoms with E-state index in [1.807, 2.05) is 0 Å². The van der Waals surface area contributed by atoms with E-state index in [4.69, 9.17) is 23.2 Å². The molecule has 4 nitrogen and oxygen atoms in total. The predicted molar refractivity (Wildman–Crippen MR) is 60.4 cm³/mol. The fraction of sp³-hybridized carbons (Fsp3) is 0.200. The summed E-state index contributed by atoms with van der Waals surface area (Å²) < 4.78 is 13.4. The van der Waals surface area contributed by atoms with Crippen LogP contribution in [0.1, 0.15) is 12.5 Å². The van der Waals surface area contributed by atoms with Crippen LogP contribution in [0.2, 0.25) is 10.0 Å². The summed E-state index contributed by atoms with van der Waals surface area (Å²) in [6.07, 6.45) is 0. The molecule has 2 rings (SSSR count). The van der Waals surface area contributed by atoms with Gasteiger partial charge in [-0.15, -0.1) is 0 Å². The molecular weight excluding hydrogens is 270 g/mol. The Bertz CT molecular complexity index is 535. The number of hydrogen-bond donors (Lipinski definition) is 2. The molecule has 17 heavy (non-hydrogen) atoms. The Morgan fingerprint density at radius 2 is 1.88 bits per heavy atom. The average Bonchev–Trinajstić information content (AvgIpc) is 2.47. The SMILES string of the molecule is CC1(c2cc(F)c(Cl)cc2Cl)NC(=O)NC1=O. The smallest absolute Gasteiger partial charge is 0.320 e. The van der Waals surface area contributed by atoms with Crippen LogP contribution in [-0.4, -0.2) is 11.9 Å². The second-order valence-corrected chi connectivity index (χ2v) is 4.59. The highest BCUT2D eigenvalue weighted by atomic mass is 35.5. The van der Waals surface area contributed by atoms with Gasteiger partial charge in [-0.05, 0) is 19.1 Å². The van der Waals surface area contributed by atoms with Crippen molar-refractivity contribution in [1.29, 1.82) is 0 Å². The number of urea groups is 1. The average molecular weight is 277 g/mol. The van der Waals surface area contributed by atoms with Crippen molar-refractivity contribution in [3.05, 3.63) is 33.6 Å². The van der Waals surface area contributed by atoms with Crippen LogP contribution in [0.5, 0.6) is 0 Å². The number of imide groups is 1. The quantitative estimate of drug-likeness (QED) is 0.610. The molecule has 1 aromatic carbocycles. The van der Waals surface area contributed by atoms with Gasteiger partial charge in [-0.2, -0.15) is 0 Å². The number of halogens is 3. The van der Waals surface area contributed by atoms with Crippen LogP contribution in [0.25, 0.3) is 0 Å². The number of nitrogens with one attached hydrogen (secondary N) is 2. The number of rotatable bonds is 1. The highest BCUT2D eigenvalue weighted by Crippen LogP contribution is 2.33. The van der Waals surface area contributed by atoms with Gasteiger partial charge in [-0.1, -0.05) is 23.2 Å². The van der Waals surface area contributed by atoms with E-state index in [1.54, 1.807) is 0 Å². The summed E-state index contributed by atoms with van der Waals surface area (Å²) in [4.78, 5) is 22.7. The molecule has 0 aromatic heterocycles. The maximum Gasteiger partial charge on any atom is 0.322 e. The van der Waals surface area contributed by atoms with E-state index >= 15 is 0 Å². The van der Waals surface area contributed by atoms with Gasteiger partial charge in [0.25, 0.3) is 5.91 Å². The Labute approximate surface area is 106 Å². The normalized spacial score (nSPS) is 23.5. The maximum absolute atomic E-state index is 13.4. The lowest BCUT2D eigenvalue weighted by molar-refractivity contribution is -0.123. The van der Waals surface area contributed by atoms with Gasteiger partial charge in [0, 0.05) is 10.6 Å². The summed E-state index contributed by atoms with van der Waals surface area (Å²) in [5, 5.41) is 4.42. The molecule has 1 unspecified atom stereocenters. The highest BCUT2D eigenvalue weighted by Gasteiger charge is 2.45. The van der Waals surface area contributed by atoms with E-state index in [0.717, 1.165) is 6.07 Å². The Morgan fingerprint density at radius 1 is 1.24 bits per heavy atom. The molecule has 0 saturated carbocycles. The molecule has 2 N–H and O–H groups in total. The van der Waals surface area contributed by atoms with Crippen LogP contribution in [0, 0.1) is 5.82 Å². The van der Waals surface area contributed by atoms with Crippen LogP contribution in [0.15, 0.2) is 12.1 Å². The van der Waals surface area contributed by atoms with E-state index in [0.29, 0.717) is 0 Å². The third kappa shape index (κ3) is 1.85. The predicted octanol–water partition coefficient (Wildman–Crippen LogP) is 2.19. The molecule has 0 spiro atoms. The largest absolute Gasteiger partial charge is 0.322 e. The lowest BCUT2D eigenvalue weighted by Crippen LogP contribution is -2.40. The van der Waals surface area contributed by atoms with Crippen LogP contribution >= 0.6 is 23.2 Å². The first-order chi connectivity index (χ1) is 7.84. The summed E-state index contributed by atoms with van der Waals surface area (Å²) >= 11 is 11.5. The Hall–Kier alpha value is -1.33. The minimum atomic E-state index is -1.39. The molecule has 1 fully saturated rings. The van der Waals surface area contributed by atoms with Crippen LogP contribution in [0.3, 0.4) is 0 Å². The lowest BCUT2D eigenvalue weighted by Gasteiger charge is -2.22. The van der Waals surface area contributed by atoms with Crippen molar-refractivity contribution in [2.45, 2.75) is 12.5 Å². The molecule has 1 aliphatic heterocycles. The van der Waals surface area contributed by atoms with Crippen molar-refractivity contribution in [2.75, 3.05) is 0 Å². The van der Waals surface area contributed by atoms with Crippen molar-refractivity contribution >= 4 is 35.1 Å². The Balaban J connectivity index is 2.58. The van der Waals surface area contributed by atoms with Gasteiger partial charge in [-0.25, -0.2) is 9.18 Å². The van der Waals surface area contributed by atoms with Crippen molar-refractivity contribution in [3.8, 4) is 0 Å². The molecule has 0 bridgehead atoms. The Kier molecular flexibility index (Phi) is 2.75. The highest BCUT2D eigenvalue weighted by molar-refractivity contribution is 6.35. The Morgan fingerprint density at radius 3 is 2.41 bits per heavy atom. The third-order valence-electron chi connectivity index (χ3n) is 2.59. The number of carbonyl (C=O) groups excluding carboxylic acids is 2. The van der Waals surface area contributed by atoms with E-state index < -0.39 is 23.3 Å². The number of carbonyl (C=O) groups is 2. The van der Waals surface area contributed by atoms with Gasteiger partial charge in [0.05, 0.1) is 5.02 Å². The first-order valence-electron chi connectivity index (χ1n) is 4.63. The summed E-state index contributed by atoms with van der Waals surface area (Å²) in [6, 6.07) is 1.58. The molecule has 7 heteroatoms. The summed E-state index contributed by atoms with van der Waals surface area (Å²) in [7, 11) is 0. The molecule has 1 aromatic rings. The minimum Gasteiger partial charge on any atom is -0.320 e. The van der Waals surface area contributed by atoms with Crippen molar-refractivity contribution in [1.82, 2.24) is 10.6 Å². The molecule has 3 amide bonds. The van der Waals surface area contributed by atoms with Crippen molar-refractivity contribution in [3.63, 3.8) is 0 Å². The van der Waals surface area contributed by atoms with Gasteiger partial charge in [0.1, 0.15) is 11.4 Å². The van der Waals surface area contributed by atoms with Gasteiger partial charge >= 0.3 is 6.03 Å². The van der Waals surface area contributed by atoms with Gasteiger partial charge in [0.15, 0.2) is 0 Å². The van der Waals surface area contributed by atoms with Crippen LogP contribution in [0.4, 0.5) is 9.18 Å². The van der Waals surface area contributed by atoms with E-state index in [2.05, 4.69) is 10.6 Å². The molecule has 1 saturated heterocycles. The number of amides is 3. The summed E-state index contributed by atoms with van der Waals surface area (Å²) in [5.74, 6) is -1.30. The third-order valence-corrected chi connectivity index (χ3v) is 3.20. The zero-order chi connectivity index (χ0) is 12.8. The van der Waals surface area contributed by atoms with Gasteiger partial charge < -0.3 is 5.32 Å². The summed E-state index contributed by atoms with van der Waals surface area (Å²) in [5.41, 5.74) is -1.23. The van der Waals surface area contributed by atoms with Crippen molar-refractivity contribution in [2.24, 2.45) is 0 Å². The fourth-order valence-corrected chi connectivity index (χ4v) is 2.21. The molecule has 0 aliphatic carbocycles. The minimum absolute atomic E-state index is 0.108. The zero-order valence-electron chi connectivity index (χ0n) is 8.61. The second kappa shape index (κ2) is 3.85. The molecular formula is C10H7Cl2FN2O2. The van der Waals surface area contributed by atoms with Gasteiger partial charge in [0.2, 0.25) is 0 Å². The molecule has 1 aliphatic rings. The fourth-order valence-electron chi connectivity index (χ4n) is 1.64. The molecule has 90 valence electrons. The number of benzene rings is 1. The second-order valence-electron chi connectivity index (χ2n) is 3.78. The van der Waals surface area contributed by atoms with Crippen LogP contribution < -0.4 is 10.6 Å². The standard InChI is InChI=1S/C10H7Cl2FN2O2/c1-10(8(16)14-9(17)15-10)4-2-7(13)6(12)3-5(4)11/h2-3H,1H3,(H2,14,15,16,17). The topological polar surface area (TPSA) is 58.2 Å².